The lowest BCUT2D eigenvalue weighted by atomic mass is 10.0. The number of sulfonamides is 1. The summed E-state index contributed by atoms with van der Waals surface area (Å²) in [6.45, 7) is 8.22. The van der Waals surface area contributed by atoms with Crippen molar-refractivity contribution in [3.8, 4) is 0 Å². The predicted molar refractivity (Wildman–Crippen MR) is 74.3 cm³/mol. The first-order chi connectivity index (χ1) is 8.23. The molecular weight excluding hydrogens is 248 g/mol. The van der Waals surface area contributed by atoms with Crippen LogP contribution in [0.3, 0.4) is 0 Å². The predicted octanol–water partition coefficient (Wildman–Crippen LogP) is 1.50. The minimum absolute atomic E-state index is 0.318. The maximum absolute atomic E-state index is 12.5. The number of aryl methyl sites for hydroxylation is 2. The Hall–Kier alpha value is -0.910. The number of benzene rings is 1. The first-order valence-electron chi connectivity index (χ1n) is 5.97. The van der Waals surface area contributed by atoms with Crippen molar-refractivity contribution in [3.05, 3.63) is 28.3 Å². The zero-order chi connectivity index (χ0) is 14.1. The lowest BCUT2D eigenvalue weighted by Crippen LogP contribution is -2.32. The molecule has 0 aliphatic heterocycles. The Morgan fingerprint density at radius 1 is 1.11 bits per heavy atom. The van der Waals surface area contributed by atoms with Crippen molar-refractivity contribution in [2.24, 2.45) is 5.73 Å². The van der Waals surface area contributed by atoms with E-state index in [0.29, 0.717) is 18.0 Å². The standard InChI is InChI=1S/C13H22N2O2S/c1-9-8-10(2)12(4)13(11(9)3)18(16,17)15(5)7-6-14/h8H,6-7,14H2,1-5H3. The molecule has 0 radical (unpaired) electrons. The first kappa shape index (κ1) is 15.1. The number of nitrogens with two attached hydrogens (primary N) is 1. The molecule has 0 bridgehead atoms. The van der Waals surface area contributed by atoms with Gasteiger partial charge in [-0.25, -0.2) is 8.42 Å². The molecule has 0 saturated heterocycles. The second kappa shape index (κ2) is 5.38. The fourth-order valence-corrected chi connectivity index (χ4v) is 3.78. The van der Waals surface area contributed by atoms with Crippen LogP contribution in [0.25, 0.3) is 0 Å². The highest BCUT2D eigenvalue weighted by Gasteiger charge is 2.25. The summed E-state index contributed by atoms with van der Waals surface area (Å²) in [5, 5.41) is 0. The molecule has 5 heteroatoms. The summed E-state index contributed by atoms with van der Waals surface area (Å²) in [6.07, 6.45) is 0. The van der Waals surface area contributed by atoms with Crippen LogP contribution in [0.1, 0.15) is 22.3 Å². The van der Waals surface area contributed by atoms with Gasteiger partial charge in [-0.1, -0.05) is 6.07 Å². The van der Waals surface area contributed by atoms with Gasteiger partial charge in [0.25, 0.3) is 0 Å². The average Bonchev–Trinajstić information content (AvgIpc) is 2.26. The topological polar surface area (TPSA) is 63.4 Å². The Morgan fingerprint density at radius 3 is 1.94 bits per heavy atom. The van der Waals surface area contributed by atoms with Crippen LogP contribution in [0.15, 0.2) is 11.0 Å². The van der Waals surface area contributed by atoms with E-state index >= 15 is 0 Å². The van der Waals surface area contributed by atoms with E-state index in [-0.39, 0.29) is 0 Å². The first-order valence-corrected chi connectivity index (χ1v) is 7.41. The number of hydrogen-bond donors (Lipinski definition) is 1. The van der Waals surface area contributed by atoms with E-state index in [1.807, 2.05) is 33.8 Å². The van der Waals surface area contributed by atoms with E-state index in [1.165, 1.54) is 4.31 Å². The molecule has 0 amide bonds. The van der Waals surface area contributed by atoms with Crippen LogP contribution < -0.4 is 5.73 Å². The quantitative estimate of drug-likeness (QED) is 0.902. The number of hydrogen-bond acceptors (Lipinski definition) is 3. The number of nitrogens with zero attached hydrogens (tertiary/aromatic N) is 1. The van der Waals surface area contributed by atoms with E-state index in [0.717, 1.165) is 22.3 Å². The molecule has 0 unspecified atom stereocenters. The summed E-state index contributed by atoms with van der Waals surface area (Å²) < 4.78 is 26.4. The van der Waals surface area contributed by atoms with Crippen LogP contribution in [-0.2, 0) is 10.0 Å². The molecule has 0 heterocycles. The van der Waals surface area contributed by atoms with Gasteiger partial charge in [-0.2, -0.15) is 4.31 Å². The van der Waals surface area contributed by atoms with Crippen molar-refractivity contribution in [1.82, 2.24) is 4.31 Å². The second-order valence-electron chi connectivity index (χ2n) is 4.70. The monoisotopic (exact) mass is 270 g/mol. The zero-order valence-electron chi connectivity index (χ0n) is 11.7. The molecular formula is C13H22N2O2S. The Balaban J connectivity index is 3.51. The maximum atomic E-state index is 12.5. The fraction of sp³-hybridized carbons (Fsp3) is 0.538. The molecule has 18 heavy (non-hydrogen) atoms. The van der Waals surface area contributed by atoms with Crippen LogP contribution >= 0.6 is 0 Å². The van der Waals surface area contributed by atoms with Crippen LogP contribution in [0, 0.1) is 27.7 Å². The van der Waals surface area contributed by atoms with Crippen LogP contribution in [0.2, 0.25) is 0 Å². The molecule has 1 aromatic carbocycles. The molecule has 0 spiro atoms. The lowest BCUT2D eigenvalue weighted by Gasteiger charge is -2.21. The molecule has 102 valence electrons. The number of likely N-dealkylation sites (N-methyl/N-ethyl adjacent to an activating group) is 1. The zero-order valence-corrected chi connectivity index (χ0v) is 12.6. The van der Waals surface area contributed by atoms with Crippen molar-refractivity contribution in [3.63, 3.8) is 0 Å². The van der Waals surface area contributed by atoms with Crippen molar-refractivity contribution in [1.29, 1.82) is 0 Å². The summed E-state index contributed by atoms with van der Waals surface area (Å²) in [6, 6.07) is 2.02. The summed E-state index contributed by atoms with van der Waals surface area (Å²) in [5.41, 5.74) is 9.07. The summed E-state index contributed by atoms with van der Waals surface area (Å²) >= 11 is 0. The third-order valence-corrected chi connectivity index (χ3v) is 5.54. The number of rotatable bonds is 4. The molecule has 2 N–H and O–H groups in total. The third kappa shape index (κ3) is 2.58. The molecule has 4 nitrogen and oxygen atoms in total. The average molecular weight is 270 g/mol. The largest absolute Gasteiger partial charge is 0.329 e. The van der Waals surface area contributed by atoms with Crippen LogP contribution in [-0.4, -0.2) is 32.9 Å². The SMILES string of the molecule is Cc1cc(C)c(C)c(S(=O)(=O)N(C)CCN)c1C. The van der Waals surface area contributed by atoms with Gasteiger partial charge >= 0.3 is 0 Å². The van der Waals surface area contributed by atoms with E-state index in [2.05, 4.69) is 0 Å². The van der Waals surface area contributed by atoms with Gasteiger partial charge in [0.15, 0.2) is 0 Å². The Bertz CT molecular complexity index is 524. The highest BCUT2D eigenvalue weighted by Crippen LogP contribution is 2.27. The van der Waals surface area contributed by atoms with E-state index < -0.39 is 10.0 Å². The smallest absolute Gasteiger partial charge is 0.243 e. The molecule has 0 atom stereocenters. The van der Waals surface area contributed by atoms with Crippen molar-refractivity contribution in [2.75, 3.05) is 20.1 Å². The van der Waals surface area contributed by atoms with Gasteiger partial charge in [-0.05, 0) is 49.9 Å². The van der Waals surface area contributed by atoms with Gasteiger partial charge in [-0.15, -0.1) is 0 Å². The molecule has 0 aliphatic carbocycles. The van der Waals surface area contributed by atoms with E-state index in [9.17, 15) is 8.42 Å². The fourth-order valence-electron chi connectivity index (χ4n) is 2.03. The van der Waals surface area contributed by atoms with Gasteiger partial charge in [0.05, 0.1) is 4.90 Å². The van der Waals surface area contributed by atoms with Crippen molar-refractivity contribution >= 4 is 10.0 Å². The van der Waals surface area contributed by atoms with E-state index in [1.54, 1.807) is 7.05 Å². The van der Waals surface area contributed by atoms with Gasteiger partial charge in [-0.3, -0.25) is 0 Å². The van der Waals surface area contributed by atoms with Gasteiger partial charge < -0.3 is 5.73 Å². The minimum atomic E-state index is -3.45. The molecule has 0 saturated carbocycles. The highest BCUT2D eigenvalue weighted by atomic mass is 32.2. The Labute approximate surface area is 110 Å². The molecule has 0 aromatic heterocycles. The highest BCUT2D eigenvalue weighted by molar-refractivity contribution is 7.89. The third-order valence-electron chi connectivity index (χ3n) is 3.41. The molecule has 1 aromatic rings. The Morgan fingerprint density at radius 2 is 1.56 bits per heavy atom. The normalized spacial score (nSPS) is 12.2. The summed E-state index contributed by atoms with van der Waals surface area (Å²) in [4.78, 5) is 0.427. The van der Waals surface area contributed by atoms with Crippen molar-refractivity contribution in [2.45, 2.75) is 32.6 Å². The molecule has 0 aliphatic rings. The van der Waals surface area contributed by atoms with Gasteiger partial charge in [0.1, 0.15) is 0 Å². The molecule has 0 fully saturated rings. The van der Waals surface area contributed by atoms with Crippen molar-refractivity contribution < 1.29 is 8.42 Å². The molecule has 1 rings (SSSR count). The minimum Gasteiger partial charge on any atom is -0.329 e. The maximum Gasteiger partial charge on any atom is 0.243 e. The summed E-state index contributed by atoms with van der Waals surface area (Å²) in [7, 11) is -1.89. The van der Waals surface area contributed by atoms with Crippen LogP contribution in [0.5, 0.6) is 0 Å². The lowest BCUT2D eigenvalue weighted by molar-refractivity contribution is 0.475. The van der Waals surface area contributed by atoms with Gasteiger partial charge in [0, 0.05) is 20.1 Å². The summed E-state index contributed by atoms with van der Waals surface area (Å²) in [5.74, 6) is 0. The van der Waals surface area contributed by atoms with Gasteiger partial charge in [0.2, 0.25) is 10.0 Å². The van der Waals surface area contributed by atoms with Crippen LogP contribution in [0.4, 0.5) is 0 Å². The second-order valence-corrected chi connectivity index (χ2v) is 6.69. The Kier molecular flexibility index (Phi) is 4.53. The van der Waals surface area contributed by atoms with E-state index in [4.69, 9.17) is 5.73 Å².